The van der Waals surface area contributed by atoms with Crippen molar-refractivity contribution in [3.05, 3.63) is 60.1 Å². The fourth-order valence-corrected chi connectivity index (χ4v) is 4.87. The second-order valence-corrected chi connectivity index (χ2v) is 8.57. The Balaban J connectivity index is 1.38. The van der Waals surface area contributed by atoms with Crippen LogP contribution in [-0.2, 0) is 16.0 Å². The number of rotatable bonds is 6. The van der Waals surface area contributed by atoms with Crippen LogP contribution in [0.25, 0.3) is 0 Å². The van der Waals surface area contributed by atoms with Crippen LogP contribution in [0.3, 0.4) is 0 Å². The number of hydrogen-bond acceptors (Lipinski definition) is 3. The van der Waals surface area contributed by atoms with Crippen LogP contribution in [0.5, 0.6) is 0 Å². The van der Waals surface area contributed by atoms with Crippen molar-refractivity contribution < 1.29 is 14.0 Å². The lowest BCUT2D eigenvalue weighted by atomic mass is 9.77. The first-order valence-corrected chi connectivity index (χ1v) is 10.7. The van der Waals surface area contributed by atoms with Gasteiger partial charge in [0.1, 0.15) is 5.76 Å². The molecule has 0 aliphatic carbocycles. The summed E-state index contributed by atoms with van der Waals surface area (Å²) in [5.74, 6) is 1.37. The van der Waals surface area contributed by atoms with Crippen molar-refractivity contribution in [2.45, 2.75) is 44.9 Å². The molecule has 154 valence electrons. The van der Waals surface area contributed by atoms with Gasteiger partial charge in [0.05, 0.1) is 6.26 Å². The monoisotopic (exact) mass is 394 g/mol. The van der Waals surface area contributed by atoms with E-state index in [0.717, 1.165) is 51.2 Å². The molecule has 1 aromatic carbocycles. The fourth-order valence-electron chi connectivity index (χ4n) is 4.87. The van der Waals surface area contributed by atoms with Crippen LogP contribution in [-0.4, -0.2) is 47.8 Å². The third-order valence-corrected chi connectivity index (χ3v) is 6.66. The molecule has 1 atom stereocenters. The average Bonchev–Trinajstić information content (AvgIpc) is 3.37. The molecule has 0 radical (unpaired) electrons. The number of carbonyl (C=O) groups is 2. The number of furan rings is 1. The normalized spacial score (nSPS) is 19.7. The summed E-state index contributed by atoms with van der Waals surface area (Å²) in [5.41, 5.74) is 1.29. The van der Waals surface area contributed by atoms with Gasteiger partial charge in [0, 0.05) is 50.4 Å². The maximum atomic E-state index is 13.1. The number of amides is 2. The van der Waals surface area contributed by atoms with E-state index < -0.39 is 0 Å². The molecule has 0 unspecified atom stereocenters. The van der Waals surface area contributed by atoms with Gasteiger partial charge in [0.15, 0.2) is 0 Å². The third kappa shape index (κ3) is 4.39. The molecule has 5 heteroatoms. The van der Waals surface area contributed by atoms with Gasteiger partial charge in [-0.3, -0.25) is 9.59 Å². The molecule has 2 aliphatic heterocycles. The molecule has 1 spiro atoms. The van der Waals surface area contributed by atoms with E-state index in [9.17, 15) is 9.59 Å². The van der Waals surface area contributed by atoms with Crippen LogP contribution in [0.2, 0.25) is 0 Å². The topological polar surface area (TPSA) is 53.8 Å². The minimum absolute atomic E-state index is 0.0411. The molecule has 0 saturated carbocycles. The maximum absolute atomic E-state index is 13.1. The summed E-state index contributed by atoms with van der Waals surface area (Å²) >= 11 is 0. The van der Waals surface area contributed by atoms with Crippen LogP contribution in [0.15, 0.2) is 53.1 Å². The Morgan fingerprint density at radius 1 is 1.14 bits per heavy atom. The highest BCUT2D eigenvalue weighted by Crippen LogP contribution is 2.41. The molecule has 4 rings (SSSR count). The van der Waals surface area contributed by atoms with Gasteiger partial charge in [-0.1, -0.05) is 30.3 Å². The highest BCUT2D eigenvalue weighted by molar-refractivity contribution is 5.80. The molecule has 2 saturated heterocycles. The van der Waals surface area contributed by atoms with Crippen LogP contribution in [0.4, 0.5) is 0 Å². The van der Waals surface area contributed by atoms with E-state index in [2.05, 4.69) is 12.1 Å². The smallest absolute Gasteiger partial charge is 0.223 e. The van der Waals surface area contributed by atoms with Crippen molar-refractivity contribution in [3.8, 4) is 0 Å². The van der Waals surface area contributed by atoms with Crippen LogP contribution >= 0.6 is 0 Å². The molecule has 0 bridgehead atoms. The molecule has 2 amide bonds. The first-order valence-electron chi connectivity index (χ1n) is 10.7. The van der Waals surface area contributed by atoms with Gasteiger partial charge >= 0.3 is 0 Å². The lowest BCUT2D eigenvalue weighted by molar-refractivity contribution is -0.134. The number of carbonyl (C=O) groups excluding carboxylic acids is 2. The van der Waals surface area contributed by atoms with Gasteiger partial charge in [-0.25, -0.2) is 0 Å². The van der Waals surface area contributed by atoms with Gasteiger partial charge in [0.25, 0.3) is 0 Å². The van der Waals surface area contributed by atoms with Crippen molar-refractivity contribution in [1.29, 1.82) is 0 Å². The summed E-state index contributed by atoms with van der Waals surface area (Å²) < 4.78 is 5.65. The highest BCUT2D eigenvalue weighted by Gasteiger charge is 2.44. The Hall–Kier alpha value is -2.56. The number of piperidine rings is 1. The number of likely N-dealkylation sites (tertiary alicyclic amines) is 2. The van der Waals surface area contributed by atoms with E-state index in [4.69, 9.17) is 4.42 Å². The zero-order chi connectivity index (χ0) is 20.3. The molecule has 5 nitrogen and oxygen atoms in total. The second kappa shape index (κ2) is 8.44. The summed E-state index contributed by atoms with van der Waals surface area (Å²) in [4.78, 5) is 29.2. The minimum Gasteiger partial charge on any atom is -0.469 e. The maximum Gasteiger partial charge on any atom is 0.223 e. The molecule has 0 N–H and O–H groups in total. The number of benzene rings is 1. The summed E-state index contributed by atoms with van der Waals surface area (Å²) in [7, 11) is 0. The summed E-state index contributed by atoms with van der Waals surface area (Å²) in [6, 6.07) is 14.1. The average molecular weight is 395 g/mol. The van der Waals surface area contributed by atoms with Gasteiger partial charge in [-0.05, 0) is 43.9 Å². The van der Waals surface area contributed by atoms with Crippen LogP contribution in [0.1, 0.15) is 49.8 Å². The van der Waals surface area contributed by atoms with E-state index in [1.54, 1.807) is 6.26 Å². The van der Waals surface area contributed by atoms with Crippen molar-refractivity contribution in [3.63, 3.8) is 0 Å². The van der Waals surface area contributed by atoms with Crippen LogP contribution < -0.4 is 0 Å². The zero-order valence-corrected chi connectivity index (χ0v) is 17.2. The Morgan fingerprint density at radius 2 is 1.90 bits per heavy atom. The standard InChI is InChI=1S/C24H30N2O3/c1-2-25-18-24(17-23(25)28)10-12-26(13-11-24)22(27)16-20(21-9-6-14-29-21)15-19-7-4-3-5-8-19/h3-9,14,20H,2,10-13,15-18H2,1H3/t20-/m0/s1. The Labute approximate surface area is 172 Å². The number of nitrogens with zero attached hydrogens (tertiary/aromatic N) is 2. The molecule has 1 aromatic heterocycles. The van der Waals surface area contributed by atoms with E-state index in [0.29, 0.717) is 12.8 Å². The third-order valence-electron chi connectivity index (χ3n) is 6.66. The predicted octanol–water partition coefficient (Wildman–Crippen LogP) is 3.86. The first-order chi connectivity index (χ1) is 14.1. The lowest BCUT2D eigenvalue weighted by Crippen LogP contribution is -2.44. The second-order valence-electron chi connectivity index (χ2n) is 8.57. The largest absolute Gasteiger partial charge is 0.469 e. The molecule has 2 fully saturated rings. The summed E-state index contributed by atoms with van der Waals surface area (Å²) in [6.45, 7) is 5.18. The first kappa shape index (κ1) is 19.7. The van der Waals surface area contributed by atoms with Crippen molar-refractivity contribution in [1.82, 2.24) is 9.80 Å². The van der Waals surface area contributed by atoms with Crippen molar-refractivity contribution in [2.24, 2.45) is 5.41 Å². The molecule has 2 aliphatic rings. The number of hydrogen-bond donors (Lipinski definition) is 0. The lowest BCUT2D eigenvalue weighted by Gasteiger charge is -2.39. The van der Waals surface area contributed by atoms with Crippen molar-refractivity contribution in [2.75, 3.05) is 26.2 Å². The van der Waals surface area contributed by atoms with Gasteiger partial charge in [-0.15, -0.1) is 0 Å². The van der Waals surface area contributed by atoms with E-state index in [-0.39, 0.29) is 23.1 Å². The summed E-state index contributed by atoms with van der Waals surface area (Å²) in [6.07, 6.45) is 5.41. The minimum atomic E-state index is 0.0411. The molecule has 29 heavy (non-hydrogen) atoms. The van der Waals surface area contributed by atoms with Crippen LogP contribution in [0, 0.1) is 5.41 Å². The summed E-state index contributed by atoms with van der Waals surface area (Å²) in [5, 5.41) is 0. The zero-order valence-electron chi connectivity index (χ0n) is 17.2. The van der Waals surface area contributed by atoms with E-state index >= 15 is 0 Å². The van der Waals surface area contributed by atoms with Gasteiger partial charge < -0.3 is 14.2 Å². The van der Waals surface area contributed by atoms with Crippen molar-refractivity contribution >= 4 is 11.8 Å². The van der Waals surface area contributed by atoms with E-state index in [1.165, 1.54) is 5.56 Å². The van der Waals surface area contributed by atoms with Gasteiger partial charge in [-0.2, -0.15) is 0 Å². The predicted molar refractivity (Wildman–Crippen MR) is 111 cm³/mol. The van der Waals surface area contributed by atoms with E-state index in [1.807, 2.05) is 47.1 Å². The molecule has 2 aromatic rings. The quantitative estimate of drug-likeness (QED) is 0.748. The SMILES string of the molecule is CCN1CC2(CCN(C(=O)C[C@H](Cc3ccccc3)c3ccco3)CC2)CC1=O. The highest BCUT2D eigenvalue weighted by atomic mass is 16.3. The molecular weight excluding hydrogens is 364 g/mol. The van der Waals surface area contributed by atoms with Gasteiger partial charge in [0.2, 0.25) is 11.8 Å². The molecular formula is C24H30N2O3. The molecule has 3 heterocycles. The Bertz CT molecular complexity index is 823. The Morgan fingerprint density at radius 3 is 2.52 bits per heavy atom. The fraction of sp³-hybridized carbons (Fsp3) is 0.500. The Kier molecular flexibility index (Phi) is 5.74.